The monoisotopic (exact) mass is 388 g/mol. The number of hydrogen-bond donors (Lipinski definition) is 3. The van der Waals surface area contributed by atoms with E-state index in [-0.39, 0.29) is 17.2 Å². The number of anilines is 3. The number of benzene rings is 2. The van der Waals surface area contributed by atoms with Crippen molar-refractivity contribution in [2.45, 2.75) is 0 Å². The molecule has 0 bridgehead atoms. The van der Waals surface area contributed by atoms with Crippen LogP contribution in [0.15, 0.2) is 48.0 Å². The van der Waals surface area contributed by atoms with Gasteiger partial charge in [0.2, 0.25) is 5.75 Å². The van der Waals surface area contributed by atoms with Crippen LogP contribution in [0.4, 0.5) is 25.7 Å². The van der Waals surface area contributed by atoms with Gasteiger partial charge < -0.3 is 20.1 Å². The second-order valence-electron chi connectivity index (χ2n) is 5.25. The van der Waals surface area contributed by atoms with Crippen molar-refractivity contribution in [3.8, 4) is 17.2 Å². The highest BCUT2D eigenvalue weighted by molar-refractivity contribution is 7.13. The Balaban J connectivity index is 1.88. The Morgan fingerprint density at radius 2 is 2.04 bits per heavy atom. The number of thiazole rings is 1. The molecule has 1 heterocycles. The van der Waals surface area contributed by atoms with Crippen LogP contribution in [0.1, 0.15) is 0 Å². The van der Waals surface area contributed by atoms with Gasteiger partial charge in [-0.3, -0.25) is 5.32 Å². The fourth-order valence-corrected chi connectivity index (χ4v) is 2.79. The zero-order chi connectivity index (χ0) is 19.2. The largest absolute Gasteiger partial charge is 0.493 e. The molecule has 0 spiro atoms. The number of hydrogen-bond acceptors (Lipinski definition) is 6. The molecule has 0 aliphatic carbocycles. The van der Waals surface area contributed by atoms with E-state index in [1.165, 1.54) is 30.6 Å². The highest BCUT2D eigenvalue weighted by Crippen LogP contribution is 2.38. The molecule has 27 heavy (non-hydrogen) atoms. The minimum Gasteiger partial charge on any atom is -0.493 e. The Morgan fingerprint density at radius 3 is 2.74 bits per heavy atom. The van der Waals surface area contributed by atoms with Crippen molar-refractivity contribution in [1.82, 2.24) is 4.98 Å². The minimum absolute atomic E-state index is 0.0689. The van der Waals surface area contributed by atoms with Crippen LogP contribution in [-0.2, 0) is 0 Å². The first-order chi connectivity index (χ1) is 13.1. The van der Waals surface area contributed by atoms with Gasteiger partial charge in [-0.2, -0.15) is 0 Å². The maximum absolute atomic E-state index is 14.2. The molecule has 0 saturated heterocycles. The van der Waals surface area contributed by atoms with Crippen LogP contribution in [0, 0.1) is 5.82 Å². The minimum atomic E-state index is -0.578. The van der Waals surface area contributed by atoms with E-state index >= 15 is 0 Å². The lowest BCUT2D eigenvalue weighted by atomic mass is 10.2. The molecule has 0 unspecified atom stereocenters. The van der Waals surface area contributed by atoms with E-state index in [9.17, 15) is 9.18 Å². The highest BCUT2D eigenvalue weighted by Gasteiger charge is 2.16. The smallest absolute Gasteiger partial charge is 0.325 e. The van der Waals surface area contributed by atoms with Crippen LogP contribution < -0.4 is 25.4 Å². The number of methoxy groups -OCH3 is 1. The van der Waals surface area contributed by atoms with E-state index < -0.39 is 11.8 Å². The van der Waals surface area contributed by atoms with Crippen molar-refractivity contribution in [1.29, 1.82) is 0 Å². The molecule has 0 saturated carbocycles. The number of amides is 2. The number of rotatable bonds is 6. The zero-order valence-corrected chi connectivity index (χ0v) is 15.4. The summed E-state index contributed by atoms with van der Waals surface area (Å²) in [5, 5.41) is 10.5. The maximum Gasteiger partial charge on any atom is 0.325 e. The summed E-state index contributed by atoms with van der Waals surface area (Å²) in [7, 11) is 3.17. The fourth-order valence-electron chi connectivity index (χ4n) is 2.27. The third kappa shape index (κ3) is 4.45. The van der Waals surface area contributed by atoms with Gasteiger partial charge in [-0.15, -0.1) is 11.3 Å². The van der Waals surface area contributed by atoms with Crippen molar-refractivity contribution in [3.63, 3.8) is 0 Å². The van der Waals surface area contributed by atoms with Crippen LogP contribution in [0.5, 0.6) is 17.2 Å². The lowest BCUT2D eigenvalue weighted by Gasteiger charge is -2.16. The van der Waals surface area contributed by atoms with Crippen LogP contribution in [0.2, 0.25) is 0 Å². The molecule has 3 rings (SSSR count). The predicted octanol–water partition coefficient (Wildman–Crippen LogP) is 4.77. The first-order valence-corrected chi connectivity index (χ1v) is 8.78. The highest BCUT2D eigenvalue weighted by atomic mass is 32.1. The summed E-state index contributed by atoms with van der Waals surface area (Å²) in [6, 6.07) is 8.91. The van der Waals surface area contributed by atoms with Gasteiger partial charge in [-0.05, 0) is 30.3 Å². The molecular weight excluding hydrogens is 371 g/mol. The molecule has 1 aromatic heterocycles. The number of carbonyl (C=O) groups excluding carboxylic acids is 1. The first kappa shape index (κ1) is 18.5. The molecule has 140 valence electrons. The molecule has 0 atom stereocenters. The molecule has 0 aliphatic rings. The van der Waals surface area contributed by atoms with Gasteiger partial charge in [-0.1, -0.05) is 6.07 Å². The van der Waals surface area contributed by atoms with Crippen molar-refractivity contribution >= 4 is 33.9 Å². The lowest BCUT2D eigenvalue weighted by molar-refractivity contribution is 0.262. The van der Waals surface area contributed by atoms with Crippen molar-refractivity contribution in [2.75, 3.05) is 30.1 Å². The number of aromatic nitrogens is 1. The number of ether oxygens (including phenoxy) is 2. The second-order valence-corrected chi connectivity index (χ2v) is 6.15. The molecule has 7 nitrogen and oxygen atoms in total. The number of halogens is 1. The molecule has 9 heteroatoms. The summed E-state index contributed by atoms with van der Waals surface area (Å²) in [4.78, 5) is 16.2. The molecule has 0 aliphatic heterocycles. The van der Waals surface area contributed by atoms with E-state index in [0.29, 0.717) is 10.8 Å². The maximum atomic E-state index is 14.2. The first-order valence-electron chi connectivity index (χ1n) is 7.90. The standard InChI is InChI=1S/C18H17FN4O3S/c1-20-11-6-7-14(26-16-12(19)4-3-5-15(16)25-2)13(10-11)22-17(24)23-18-21-8-9-27-18/h3-10,20H,1-2H3,(H2,21,22,23,24). The number of nitrogens with zero attached hydrogens (tertiary/aromatic N) is 1. The number of nitrogens with one attached hydrogen (secondary N) is 3. The molecular formula is C18H17FN4O3S. The van der Waals surface area contributed by atoms with Crippen LogP contribution in [-0.4, -0.2) is 25.2 Å². The Bertz CT molecular complexity index is 934. The fraction of sp³-hybridized carbons (Fsp3) is 0.111. The summed E-state index contributed by atoms with van der Waals surface area (Å²) in [6.45, 7) is 0. The van der Waals surface area contributed by atoms with Gasteiger partial charge in [0, 0.05) is 24.3 Å². The molecule has 0 radical (unpaired) electrons. The van der Waals surface area contributed by atoms with Gasteiger partial charge >= 0.3 is 6.03 Å². The number of urea groups is 1. The van der Waals surface area contributed by atoms with Crippen LogP contribution in [0.25, 0.3) is 0 Å². The van der Waals surface area contributed by atoms with Gasteiger partial charge in [-0.25, -0.2) is 14.2 Å². The van der Waals surface area contributed by atoms with Gasteiger partial charge in [0.25, 0.3) is 0 Å². The zero-order valence-electron chi connectivity index (χ0n) is 14.6. The Kier molecular flexibility index (Phi) is 5.72. The third-order valence-corrected chi connectivity index (χ3v) is 4.22. The van der Waals surface area contributed by atoms with Crippen molar-refractivity contribution in [3.05, 3.63) is 53.8 Å². The van der Waals surface area contributed by atoms with Crippen molar-refractivity contribution in [2.24, 2.45) is 0 Å². The van der Waals surface area contributed by atoms with E-state index in [4.69, 9.17) is 9.47 Å². The Morgan fingerprint density at radius 1 is 1.19 bits per heavy atom. The third-order valence-electron chi connectivity index (χ3n) is 3.53. The summed E-state index contributed by atoms with van der Waals surface area (Å²) >= 11 is 1.29. The van der Waals surface area contributed by atoms with Crippen LogP contribution in [0.3, 0.4) is 0 Å². The summed E-state index contributed by atoms with van der Waals surface area (Å²) < 4.78 is 25.1. The van der Waals surface area contributed by atoms with E-state index in [1.807, 2.05) is 0 Å². The summed E-state index contributed by atoms with van der Waals surface area (Å²) in [5.41, 5.74) is 1.09. The lowest BCUT2D eigenvalue weighted by Crippen LogP contribution is -2.19. The Labute approximate surface area is 159 Å². The molecule has 0 fully saturated rings. The molecule has 3 aromatic rings. The second kappa shape index (κ2) is 8.37. The number of para-hydroxylation sites is 1. The topological polar surface area (TPSA) is 84.5 Å². The molecule has 2 aromatic carbocycles. The van der Waals surface area contributed by atoms with Gasteiger partial charge in [0.05, 0.1) is 12.8 Å². The predicted molar refractivity (Wildman–Crippen MR) is 104 cm³/mol. The van der Waals surface area contributed by atoms with Gasteiger partial charge in [0.1, 0.15) is 0 Å². The van der Waals surface area contributed by atoms with Gasteiger partial charge in [0.15, 0.2) is 22.4 Å². The van der Waals surface area contributed by atoms with E-state index in [0.717, 1.165) is 5.69 Å². The Hall–Kier alpha value is -3.33. The average molecular weight is 388 g/mol. The average Bonchev–Trinajstić information content (AvgIpc) is 3.17. The molecule has 3 N–H and O–H groups in total. The van der Waals surface area contributed by atoms with E-state index in [1.54, 1.807) is 42.9 Å². The number of carbonyl (C=O) groups is 1. The summed E-state index contributed by atoms with van der Waals surface area (Å²) in [5.74, 6) is -0.150. The molecule has 2 amide bonds. The van der Waals surface area contributed by atoms with Crippen molar-refractivity contribution < 1.29 is 18.7 Å². The summed E-state index contributed by atoms with van der Waals surface area (Å²) in [6.07, 6.45) is 1.58. The SMILES string of the molecule is CNc1ccc(Oc2c(F)cccc2OC)c(NC(=O)Nc2nccs2)c1. The normalized spacial score (nSPS) is 10.2. The quantitative estimate of drug-likeness (QED) is 0.566. The van der Waals surface area contributed by atoms with Crippen LogP contribution >= 0.6 is 11.3 Å². The van der Waals surface area contributed by atoms with E-state index in [2.05, 4.69) is 20.9 Å².